The molecule has 17 heavy (non-hydrogen) atoms. The fourth-order valence-corrected chi connectivity index (χ4v) is 1.77. The van der Waals surface area contributed by atoms with Gasteiger partial charge in [0.05, 0.1) is 12.1 Å². The smallest absolute Gasteiger partial charge is 0.308 e. The SMILES string of the molecule is O=C(O)C1CCN(C(=O)c2c[nH]c(=O)cn2)C1. The van der Waals surface area contributed by atoms with Crippen LogP contribution >= 0.6 is 0 Å². The van der Waals surface area contributed by atoms with Crippen molar-refractivity contribution < 1.29 is 14.7 Å². The van der Waals surface area contributed by atoms with Gasteiger partial charge in [-0.15, -0.1) is 0 Å². The molecule has 1 aromatic heterocycles. The fraction of sp³-hybridized carbons (Fsp3) is 0.400. The van der Waals surface area contributed by atoms with E-state index in [1.807, 2.05) is 0 Å². The van der Waals surface area contributed by atoms with Crippen molar-refractivity contribution in [2.45, 2.75) is 6.42 Å². The second kappa shape index (κ2) is 4.36. The van der Waals surface area contributed by atoms with Gasteiger partial charge < -0.3 is 15.0 Å². The van der Waals surface area contributed by atoms with Crippen LogP contribution in [0, 0.1) is 5.92 Å². The summed E-state index contributed by atoms with van der Waals surface area (Å²) < 4.78 is 0. The van der Waals surface area contributed by atoms with Gasteiger partial charge in [0.1, 0.15) is 5.69 Å². The van der Waals surface area contributed by atoms with Crippen LogP contribution < -0.4 is 5.56 Å². The van der Waals surface area contributed by atoms with Gasteiger partial charge in [0, 0.05) is 19.3 Å². The average Bonchev–Trinajstić information content (AvgIpc) is 2.78. The minimum atomic E-state index is -0.894. The predicted molar refractivity (Wildman–Crippen MR) is 56.5 cm³/mol. The van der Waals surface area contributed by atoms with E-state index in [1.54, 1.807) is 0 Å². The van der Waals surface area contributed by atoms with Gasteiger partial charge >= 0.3 is 5.97 Å². The third kappa shape index (κ3) is 2.32. The minimum Gasteiger partial charge on any atom is -0.481 e. The molecular formula is C10H11N3O4. The topological polar surface area (TPSA) is 103 Å². The molecule has 1 saturated heterocycles. The number of hydrogen-bond acceptors (Lipinski definition) is 4. The van der Waals surface area contributed by atoms with Crippen LogP contribution in [-0.2, 0) is 4.79 Å². The molecule has 1 aromatic rings. The second-order valence-electron chi connectivity index (χ2n) is 3.87. The minimum absolute atomic E-state index is 0.121. The summed E-state index contributed by atoms with van der Waals surface area (Å²) in [4.78, 5) is 40.9. The van der Waals surface area contributed by atoms with Gasteiger partial charge in [-0.25, -0.2) is 4.98 Å². The van der Waals surface area contributed by atoms with Gasteiger partial charge in [0.15, 0.2) is 0 Å². The summed E-state index contributed by atoms with van der Waals surface area (Å²) in [5.74, 6) is -1.76. The molecule has 1 amide bonds. The third-order valence-electron chi connectivity index (χ3n) is 2.72. The van der Waals surface area contributed by atoms with Gasteiger partial charge in [-0.05, 0) is 6.42 Å². The number of aromatic amines is 1. The Labute approximate surface area is 96.1 Å². The van der Waals surface area contributed by atoms with E-state index in [9.17, 15) is 14.4 Å². The largest absolute Gasteiger partial charge is 0.481 e. The third-order valence-corrected chi connectivity index (χ3v) is 2.72. The summed E-state index contributed by atoms with van der Waals surface area (Å²) in [7, 11) is 0. The zero-order valence-corrected chi connectivity index (χ0v) is 8.92. The monoisotopic (exact) mass is 237 g/mol. The molecule has 90 valence electrons. The molecule has 1 unspecified atom stereocenters. The molecule has 2 rings (SSSR count). The number of rotatable bonds is 2. The maximum Gasteiger partial charge on any atom is 0.308 e. The standard InChI is InChI=1S/C10H11N3O4/c14-8-4-11-7(3-12-8)9(15)13-2-1-6(5-13)10(16)17/h3-4,6H,1-2,5H2,(H,12,14)(H,16,17). The number of hydrogen-bond donors (Lipinski definition) is 2. The number of aromatic nitrogens is 2. The van der Waals surface area contributed by atoms with Gasteiger partial charge in [0.2, 0.25) is 0 Å². The number of nitrogens with one attached hydrogen (secondary N) is 1. The van der Waals surface area contributed by atoms with E-state index >= 15 is 0 Å². The van der Waals surface area contributed by atoms with Crippen LogP contribution in [0.25, 0.3) is 0 Å². The van der Waals surface area contributed by atoms with Crippen molar-refractivity contribution in [1.82, 2.24) is 14.9 Å². The lowest BCUT2D eigenvalue weighted by molar-refractivity contribution is -0.141. The average molecular weight is 237 g/mol. The summed E-state index contributed by atoms with van der Waals surface area (Å²) in [6, 6.07) is 0. The van der Waals surface area contributed by atoms with Crippen LogP contribution in [0.2, 0.25) is 0 Å². The lowest BCUT2D eigenvalue weighted by Gasteiger charge is -2.14. The molecule has 2 N–H and O–H groups in total. The van der Waals surface area contributed by atoms with Gasteiger partial charge in [-0.3, -0.25) is 14.4 Å². The second-order valence-corrected chi connectivity index (χ2v) is 3.87. The Morgan fingerprint density at radius 3 is 2.82 bits per heavy atom. The summed E-state index contributed by atoms with van der Waals surface area (Å²) in [6.45, 7) is 0.589. The molecule has 0 bridgehead atoms. The summed E-state index contributed by atoms with van der Waals surface area (Å²) in [5.41, 5.74) is -0.262. The number of likely N-dealkylation sites (tertiary alicyclic amines) is 1. The number of nitrogens with zero attached hydrogens (tertiary/aromatic N) is 2. The van der Waals surface area contributed by atoms with Crippen molar-refractivity contribution in [2.75, 3.05) is 13.1 Å². The van der Waals surface area contributed by atoms with Gasteiger partial charge in [0.25, 0.3) is 11.5 Å². The maximum atomic E-state index is 11.9. The normalized spacial score (nSPS) is 19.3. The Kier molecular flexibility index (Phi) is 2.90. The first-order chi connectivity index (χ1) is 8.08. The molecule has 7 heteroatoms. The van der Waals surface area contributed by atoms with E-state index in [0.717, 1.165) is 6.20 Å². The number of aliphatic carboxylic acids is 1. The number of H-pyrrole nitrogens is 1. The van der Waals surface area contributed by atoms with E-state index in [4.69, 9.17) is 5.11 Å². The molecule has 2 heterocycles. The van der Waals surface area contributed by atoms with E-state index in [2.05, 4.69) is 9.97 Å². The highest BCUT2D eigenvalue weighted by Gasteiger charge is 2.31. The Balaban J connectivity index is 2.09. The summed E-state index contributed by atoms with van der Waals surface area (Å²) in [5, 5.41) is 8.82. The molecule has 0 spiro atoms. The maximum absolute atomic E-state index is 11.9. The first-order valence-corrected chi connectivity index (χ1v) is 5.15. The molecule has 0 radical (unpaired) electrons. The number of carboxylic acids is 1. The first-order valence-electron chi connectivity index (χ1n) is 5.15. The lowest BCUT2D eigenvalue weighted by Crippen LogP contribution is -2.31. The molecule has 1 fully saturated rings. The summed E-state index contributed by atoms with van der Waals surface area (Å²) >= 11 is 0. The molecule has 0 aromatic carbocycles. The van der Waals surface area contributed by atoms with Crippen LogP contribution in [0.15, 0.2) is 17.2 Å². The van der Waals surface area contributed by atoms with E-state index in [0.29, 0.717) is 13.0 Å². The number of carbonyl (C=O) groups excluding carboxylic acids is 1. The Morgan fingerprint density at radius 2 is 2.29 bits per heavy atom. The number of carboxylic acid groups (broad SMARTS) is 1. The summed E-state index contributed by atoms with van der Waals surface area (Å²) in [6.07, 6.45) is 2.71. The highest BCUT2D eigenvalue weighted by molar-refractivity contribution is 5.92. The lowest BCUT2D eigenvalue weighted by atomic mass is 10.1. The molecule has 7 nitrogen and oxygen atoms in total. The van der Waals surface area contributed by atoms with E-state index in [1.165, 1.54) is 11.1 Å². The van der Waals surface area contributed by atoms with Crippen LogP contribution in [-0.4, -0.2) is 44.9 Å². The zero-order chi connectivity index (χ0) is 12.4. The highest BCUT2D eigenvalue weighted by Crippen LogP contribution is 2.17. The van der Waals surface area contributed by atoms with E-state index < -0.39 is 11.9 Å². The van der Waals surface area contributed by atoms with Crippen molar-refractivity contribution >= 4 is 11.9 Å². The number of carbonyl (C=O) groups is 2. The van der Waals surface area contributed by atoms with E-state index in [-0.39, 0.29) is 23.7 Å². The van der Waals surface area contributed by atoms with Crippen molar-refractivity contribution in [3.05, 3.63) is 28.4 Å². The van der Waals surface area contributed by atoms with Crippen LogP contribution in [0.5, 0.6) is 0 Å². The van der Waals surface area contributed by atoms with Crippen molar-refractivity contribution in [2.24, 2.45) is 5.92 Å². The molecule has 0 aliphatic carbocycles. The van der Waals surface area contributed by atoms with Gasteiger partial charge in [-0.1, -0.05) is 0 Å². The Bertz CT molecular complexity index is 490. The Morgan fingerprint density at radius 1 is 1.53 bits per heavy atom. The van der Waals surface area contributed by atoms with Gasteiger partial charge in [-0.2, -0.15) is 0 Å². The quantitative estimate of drug-likeness (QED) is 0.709. The van der Waals surface area contributed by atoms with Crippen LogP contribution in [0.4, 0.5) is 0 Å². The molecule has 1 aliphatic heterocycles. The molecule has 1 atom stereocenters. The first kappa shape index (κ1) is 11.3. The van der Waals surface area contributed by atoms with Crippen LogP contribution in [0.1, 0.15) is 16.9 Å². The fourth-order valence-electron chi connectivity index (χ4n) is 1.77. The Hall–Kier alpha value is -2.18. The highest BCUT2D eigenvalue weighted by atomic mass is 16.4. The molecule has 0 saturated carbocycles. The predicted octanol–water partition coefficient (Wildman–Crippen LogP) is -0.683. The molecular weight excluding hydrogens is 226 g/mol. The van der Waals surface area contributed by atoms with Crippen molar-refractivity contribution in [3.63, 3.8) is 0 Å². The number of amides is 1. The zero-order valence-electron chi connectivity index (χ0n) is 8.92. The van der Waals surface area contributed by atoms with Crippen LogP contribution in [0.3, 0.4) is 0 Å². The molecule has 1 aliphatic rings. The van der Waals surface area contributed by atoms with Crippen molar-refractivity contribution in [1.29, 1.82) is 0 Å². The van der Waals surface area contributed by atoms with Crippen molar-refractivity contribution in [3.8, 4) is 0 Å².